The first kappa shape index (κ1) is 18.0. The Labute approximate surface area is 145 Å². The molecule has 0 saturated carbocycles. The molecular weight excluding hydrogens is 326 g/mol. The number of nitrogens with zero attached hydrogens (tertiary/aromatic N) is 3. The van der Waals surface area contributed by atoms with Crippen LogP contribution < -0.4 is 10.6 Å². The number of carbonyl (C=O) groups is 2. The van der Waals surface area contributed by atoms with Crippen LogP contribution in [0.3, 0.4) is 0 Å². The molecule has 2 aromatic rings. The number of carbonyl (C=O) groups excluding carboxylic acids is 2. The normalized spacial score (nSPS) is 10.4. The minimum atomic E-state index is -0.209. The van der Waals surface area contributed by atoms with Crippen LogP contribution in [-0.2, 0) is 23.1 Å². The van der Waals surface area contributed by atoms with E-state index in [1.807, 2.05) is 48.9 Å². The molecule has 7 nitrogen and oxygen atoms in total. The lowest BCUT2D eigenvalue weighted by atomic mass is 10.1. The number of nitrogens with one attached hydrogen (secondary N) is 2. The molecule has 0 saturated heterocycles. The summed E-state index contributed by atoms with van der Waals surface area (Å²) in [7, 11) is 1.88. The molecule has 1 heterocycles. The van der Waals surface area contributed by atoms with Crippen LogP contribution in [-0.4, -0.2) is 45.4 Å². The number of rotatable bonds is 8. The lowest BCUT2D eigenvalue weighted by molar-refractivity contribution is -0.124. The predicted molar refractivity (Wildman–Crippen MR) is 92.7 cm³/mol. The molecule has 1 aromatic carbocycles. The van der Waals surface area contributed by atoms with Gasteiger partial charge >= 0.3 is 0 Å². The molecule has 24 heavy (non-hydrogen) atoms. The van der Waals surface area contributed by atoms with Crippen molar-refractivity contribution < 1.29 is 9.59 Å². The van der Waals surface area contributed by atoms with Crippen LogP contribution in [0.25, 0.3) is 0 Å². The summed E-state index contributed by atoms with van der Waals surface area (Å²) < 4.78 is 1.88. The average Bonchev–Trinajstić information content (AvgIpc) is 2.92. The Kier molecular flexibility index (Phi) is 6.80. The van der Waals surface area contributed by atoms with Gasteiger partial charge in [-0.2, -0.15) is 0 Å². The number of hydrogen-bond donors (Lipinski definition) is 2. The van der Waals surface area contributed by atoms with Gasteiger partial charge in [0.1, 0.15) is 5.82 Å². The number of hydrogen-bond acceptors (Lipinski definition) is 5. The van der Waals surface area contributed by atoms with E-state index in [0.717, 1.165) is 11.4 Å². The van der Waals surface area contributed by atoms with Crippen molar-refractivity contribution in [2.75, 3.05) is 18.8 Å². The van der Waals surface area contributed by atoms with Crippen molar-refractivity contribution in [3.05, 3.63) is 41.7 Å². The molecule has 0 radical (unpaired) electrons. The van der Waals surface area contributed by atoms with Gasteiger partial charge in [0.2, 0.25) is 11.8 Å². The van der Waals surface area contributed by atoms with E-state index in [1.54, 1.807) is 0 Å². The molecule has 8 heteroatoms. The molecule has 0 bridgehead atoms. The molecule has 0 unspecified atom stereocenters. The van der Waals surface area contributed by atoms with Gasteiger partial charge in [0.15, 0.2) is 5.16 Å². The standard InChI is InChI=1S/C16H21N5O2S/c1-3-17-14(22)10-18-15(23)11-24-16-20-19-13(21(16)2)9-12-7-5-4-6-8-12/h4-8H,3,9-11H2,1-2H3,(H,17,22)(H,18,23). The van der Waals surface area contributed by atoms with Gasteiger partial charge in [0.25, 0.3) is 0 Å². The summed E-state index contributed by atoms with van der Waals surface area (Å²) in [5, 5.41) is 14.2. The van der Waals surface area contributed by atoms with Gasteiger partial charge in [0.05, 0.1) is 12.3 Å². The van der Waals surface area contributed by atoms with E-state index in [1.165, 1.54) is 11.8 Å². The highest BCUT2D eigenvalue weighted by Gasteiger charge is 2.12. The summed E-state index contributed by atoms with van der Waals surface area (Å²) in [4.78, 5) is 23.1. The fraction of sp³-hybridized carbons (Fsp3) is 0.375. The van der Waals surface area contributed by atoms with E-state index >= 15 is 0 Å². The molecule has 0 spiro atoms. The Morgan fingerprint density at radius 3 is 2.58 bits per heavy atom. The zero-order valence-corrected chi connectivity index (χ0v) is 14.6. The largest absolute Gasteiger partial charge is 0.355 e. The van der Waals surface area contributed by atoms with E-state index in [2.05, 4.69) is 20.8 Å². The van der Waals surface area contributed by atoms with Crippen molar-refractivity contribution in [2.24, 2.45) is 7.05 Å². The molecule has 2 N–H and O–H groups in total. The number of likely N-dealkylation sites (N-methyl/N-ethyl adjacent to an activating group) is 1. The fourth-order valence-electron chi connectivity index (χ4n) is 2.02. The van der Waals surface area contributed by atoms with Gasteiger partial charge in [-0.25, -0.2) is 0 Å². The zero-order chi connectivity index (χ0) is 17.4. The monoisotopic (exact) mass is 347 g/mol. The third-order valence-electron chi connectivity index (χ3n) is 3.28. The van der Waals surface area contributed by atoms with E-state index in [9.17, 15) is 9.59 Å². The molecule has 1 aromatic heterocycles. The molecule has 0 atom stereocenters. The van der Waals surface area contributed by atoms with Crippen molar-refractivity contribution in [2.45, 2.75) is 18.5 Å². The minimum Gasteiger partial charge on any atom is -0.355 e. The maximum Gasteiger partial charge on any atom is 0.239 e. The van der Waals surface area contributed by atoms with E-state index in [0.29, 0.717) is 18.1 Å². The van der Waals surface area contributed by atoms with Gasteiger partial charge in [-0.05, 0) is 12.5 Å². The predicted octanol–water partition coefficient (Wildman–Crippen LogP) is 0.750. The highest BCUT2D eigenvalue weighted by molar-refractivity contribution is 7.99. The van der Waals surface area contributed by atoms with Crippen molar-refractivity contribution in [1.82, 2.24) is 25.4 Å². The highest BCUT2D eigenvalue weighted by Crippen LogP contribution is 2.17. The Morgan fingerprint density at radius 2 is 1.88 bits per heavy atom. The average molecular weight is 347 g/mol. The summed E-state index contributed by atoms with van der Waals surface area (Å²) in [6, 6.07) is 10.0. The number of thioether (sulfide) groups is 1. The first-order valence-corrected chi connectivity index (χ1v) is 8.67. The molecule has 0 aliphatic carbocycles. The third-order valence-corrected chi connectivity index (χ3v) is 4.30. The van der Waals surface area contributed by atoms with Crippen LogP contribution in [0.2, 0.25) is 0 Å². The Bertz CT molecular complexity index is 687. The first-order chi connectivity index (χ1) is 11.6. The second kappa shape index (κ2) is 9.07. The molecule has 2 amide bonds. The van der Waals surface area contributed by atoms with Crippen molar-refractivity contribution >= 4 is 23.6 Å². The second-order valence-electron chi connectivity index (χ2n) is 5.14. The summed E-state index contributed by atoms with van der Waals surface area (Å²) in [5.41, 5.74) is 1.16. The Morgan fingerprint density at radius 1 is 1.12 bits per heavy atom. The van der Waals surface area contributed by atoms with Crippen molar-refractivity contribution in [3.63, 3.8) is 0 Å². The number of amides is 2. The second-order valence-corrected chi connectivity index (χ2v) is 6.08. The number of aromatic nitrogens is 3. The van der Waals surface area contributed by atoms with Crippen LogP contribution in [0.4, 0.5) is 0 Å². The maximum atomic E-state index is 11.8. The molecule has 2 rings (SSSR count). The summed E-state index contributed by atoms with van der Waals surface area (Å²) in [6.45, 7) is 2.37. The molecular formula is C16H21N5O2S. The zero-order valence-electron chi connectivity index (χ0n) is 13.8. The van der Waals surface area contributed by atoms with Crippen LogP contribution in [0, 0.1) is 0 Å². The minimum absolute atomic E-state index is 0.00863. The smallest absolute Gasteiger partial charge is 0.239 e. The SMILES string of the molecule is CCNC(=O)CNC(=O)CSc1nnc(Cc2ccccc2)n1C. The van der Waals surface area contributed by atoms with Crippen LogP contribution in [0.5, 0.6) is 0 Å². The van der Waals surface area contributed by atoms with E-state index < -0.39 is 0 Å². The van der Waals surface area contributed by atoms with Gasteiger partial charge in [-0.15, -0.1) is 10.2 Å². The van der Waals surface area contributed by atoms with Gasteiger partial charge in [0, 0.05) is 20.0 Å². The molecule has 0 aliphatic rings. The maximum absolute atomic E-state index is 11.8. The highest BCUT2D eigenvalue weighted by atomic mass is 32.2. The topological polar surface area (TPSA) is 88.9 Å². The summed E-state index contributed by atoms with van der Waals surface area (Å²) >= 11 is 1.30. The van der Waals surface area contributed by atoms with Crippen LogP contribution in [0.15, 0.2) is 35.5 Å². The van der Waals surface area contributed by atoms with Crippen molar-refractivity contribution in [3.8, 4) is 0 Å². The lowest BCUT2D eigenvalue weighted by Crippen LogP contribution is -2.37. The van der Waals surface area contributed by atoms with Crippen LogP contribution in [0.1, 0.15) is 18.3 Å². The quantitative estimate of drug-likeness (QED) is 0.688. The molecule has 0 fully saturated rings. The summed E-state index contributed by atoms with van der Waals surface area (Å²) in [5.74, 6) is 0.626. The van der Waals surface area contributed by atoms with E-state index in [4.69, 9.17) is 0 Å². The summed E-state index contributed by atoms with van der Waals surface area (Å²) in [6.07, 6.45) is 0.689. The van der Waals surface area contributed by atoms with Crippen LogP contribution >= 0.6 is 11.8 Å². The molecule has 128 valence electrons. The third kappa shape index (κ3) is 5.38. The van der Waals surface area contributed by atoms with Gasteiger partial charge in [-0.3, -0.25) is 9.59 Å². The Balaban J connectivity index is 1.83. The molecule has 0 aliphatic heterocycles. The lowest BCUT2D eigenvalue weighted by Gasteiger charge is -2.06. The fourth-order valence-corrected chi connectivity index (χ4v) is 2.78. The van der Waals surface area contributed by atoms with Gasteiger partial charge < -0.3 is 15.2 Å². The first-order valence-electron chi connectivity index (χ1n) is 7.68. The Hall–Kier alpha value is -2.35. The van der Waals surface area contributed by atoms with Crippen molar-refractivity contribution in [1.29, 1.82) is 0 Å². The van der Waals surface area contributed by atoms with E-state index in [-0.39, 0.29) is 24.1 Å². The number of benzene rings is 1. The van der Waals surface area contributed by atoms with Gasteiger partial charge in [-0.1, -0.05) is 42.1 Å².